The van der Waals surface area contributed by atoms with Crippen molar-refractivity contribution in [2.75, 3.05) is 19.8 Å². The first-order valence-corrected chi connectivity index (χ1v) is 7.56. The van der Waals surface area contributed by atoms with Crippen molar-refractivity contribution in [1.82, 2.24) is 5.32 Å². The van der Waals surface area contributed by atoms with Crippen LogP contribution in [0.5, 0.6) is 0 Å². The van der Waals surface area contributed by atoms with Gasteiger partial charge in [0.1, 0.15) is 5.82 Å². The summed E-state index contributed by atoms with van der Waals surface area (Å²) in [5.41, 5.74) is 0.674. The van der Waals surface area contributed by atoms with Crippen LogP contribution >= 0.6 is 11.6 Å². The van der Waals surface area contributed by atoms with Crippen LogP contribution < -0.4 is 5.32 Å². The summed E-state index contributed by atoms with van der Waals surface area (Å²) < 4.78 is 19.5. The number of nitrogens with zero attached hydrogens (tertiary/aromatic N) is 1. The molecule has 3 atom stereocenters. The van der Waals surface area contributed by atoms with Crippen molar-refractivity contribution in [1.29, 1.82) is 5.26 Å². The van der Waals surface area contributed by atoms with Gasteiger partial charge in [0.05, 0.1) is 30.2 Å². The van der Waals surface area contributed by atoms with Gasteiger partial charge in [-0.2, -0.15) is 5.26 Å². The number of hydrogen-bond acceptors (Lipinski definition) is 3. The molecule has 0 aliphatic carbocycles. The SMILES string of the molecule is CC1(CC2NCC(c3cccc(Cl)c3F)C2C#N)COC1. The van der Waals surface area contributed by atoms with E-state index >= 15 is 0 Å². The number of ether oxygens (including phenoxy) is 1. The minimum absolute atomic E-state index is 0.0762. The summed E-state index contributed by atoms with van der Waals surface area (Å²) in [7, 11) is 0. The summed E-state index contributed by atoms with van der Waals surface area (Å²) in [5.74, 6) is -0.788. The highest BCUT2D eigenvalue weighted by atomic mass is 35.5. The van der Waals surface area contributed by atoms with E-state index in [4.69, 9.17) is 16.3 Å². The second-order valence-electron chi connectivity index (χ2n) is 6.43. The van der Waals surface area contributed by atoms with Crippen LogP contribution in [0.25, 0.3) is 0 Å². The standard InChI is InChI=1S/C16H18ClFN2O/c1-16(8-21-9-16)5-14-11(6-19)12(7-20-14)10-3-2-4-13(17)15(10)18/h2-4,11-12,14,20H,5,7-9H2,1H3. The Hall–Kier alpha value is -1.15. The first-order chi connectivity index (χ1) is 10.0. The lowest BCUT2D eigenvalue weighted by Gasteiger charge is -2.40. The van der Waals surface area contributed by atoms with Crippen LogP contribution in [0.2, 0.25) is 5.02 Å². The number of nitrogens with one attached hydrogen (secondary N) is 1. The van der Waals surface area contributed by atoms with Crippen LogP contribution in [0.4, 0.5) is 4.39 Å². The maximum atomic E-state index is 14.2. The van der Waals surface area contributed by atoms with Gasteiger partial charge in [-0.25, -0.2) is 4.39 Å². The number of nitriles is 1. The number of halogens is 2. The summed E-state index contributed by atoms with van der Waals surface area (Å²) in [6, 6.07) is 7.45. The second-order valence-corrected chi connectivity index (χ2v) is 6.83. The zero-order valence-corrected chi connectivity index (χ0v) is 12.7. The van der Waals surface area contributed by atoms with E-state index in [0.29, 0.717) is 12.1 Å². The Morgan fingerprint density at radius 1 is 1.52 bits per heavy atom. The molecule has 0 radical (unpaired) electrons. The minimum Gasteiger partial charge on any atom is -0.380 e. The smallest absolute Gasteiger partial charge is 0.145 e. The Morgan fingerprint density at radius 2 is 2.29 bits per heavy atom. The van der Waals surface area contributed by atoms with E-state index in [1.54, 1.807) is 12.1 Å². The molecule has 3 nitrogen and oxygen atoms in total. The van der Waals surface area contributed by atoms with Crippen molar-refractivity contribution in [3.8, 4) is 6.07 Å². The van der Waals surface area contributed by atoms with E-state index in [0.717, 1.165) is 19.6 Å². The average Bonchev–Trinajstić information content (AvgIpc) is 2.82. The highest BCUT2D eigenvalue weighted by Crippen LogP contribution is 2.40. The molecule has 2 aliphatic rings. The van der Waals surface area contributed by atoms with E-state index in [1.165, 1.54) is 6.07 Å². The lowest BCUT2D eigenvalue weighted by molar-refractivity contribution is -0.110. The Labute approximate surface area is 129 Å². The fraction of sp³-hybridized carbons (Fsp3) is 0.562. The number of rotatable bonds is 3. The van der Waals surface area contributed by atoms with Crippen molar-refractivity contribution in [2.45, 2.75) is 25.3 Å². The van der Waals surface area contributed by atoms with Gasteiger partial charge in [-0.3, -0.25) is 0 Å². The van der Waals surface area contributed by atoms with Gasteiger partial charge in [-0.1, -0.05) is 30.7 Å². The molecule has 0 amide bonds. The largest absolute Gasteiger partial charge is 0.380 e. The molecule has 5 heteroatoms. The average molecular weight is 309 g/mol. The molecule has 1 aromatic carbocycles. The zero-order valence-electron chi connectivity index (χ0n) is 11.9. The molecular formula is C16H18ClFN2O. The third-order valence-corrected chi connectivity index (χ3v) is 4.90. The summed E-state index contributed by atoms with van der Waals surface area (Å²) in [6.45, 7) is 4.25. The second kappa shape index (κ2) is 5.57. The molecule has 2 heterocycles. The molecule has 3 rings (SSSR count). The maximum absolute atomic E-state index is 14.2. The van der Waals surface area contributed by atoms with Crippen LogP contribution in [0, 0.1) is 28.5 Å². The van der Waals surface area contributed by atoms with Crippen LogP contribution in [0.15, 0.2) is 18.2 Å². The van der Waals surface area contributed by atoms with E-state index in [9.17, 15) is 9.65 Å². The van der Waals surface area contributed by atoms with Gasteiger partial charge in [-0.15, -0.1) is 0 Å². The lowest BCUT2D eigenvalue weighted by atomic mass is 9.76. The zero-order chi connectivity index (χ0) is 15.0. The highest BCUT2D eigenvalue weighted by molar-refractivity contribution is 6.30. The molecule has 0 aromatic heterocycles. The van der Waals surface area contributed by atoms with Crippen molar-refractivity contribution in [3.63, 3.8) is 0 Å². The Balaban J connectivity index is 1.81. The molecule has 3 unspecified atom stereocenters. The molecule has 2 fully saturated rings. The molecule has 0 saturated carbocycles. The molecule has 1 N–H and O–H groups in total. The summed E-state index contributed by atoms with van der Waals surface area (Å²) in [5, 5.41) is 13.0. The van der Waals surface area contributed by atoms with Crippen LogP contribution in [-0.4, -0.2) is 25.8 Å². The third-order valence-electron chi connectivity index (χ3n) is 4.61. The van der Waals surface area contributed by atoms with Gasteiger partial charge in [-0.05, 0) is 18.1 Å². The summed E-state index contributed by atoms with van der Waals surface area (Å²) in [4.78, 5) is 0. The van der Waals surface area contributed by atoms with Crippen LogP contribution in [-0.2, 0) is 4.74 Å². The predicted molar refractivity (Wildman–Crippen MR) is 78.6 cm³/mol. The molecule has 2 saturated heterocycles. The van der Waals surface area contributed by atoms with Gasteiger partial charge < -0.3 is 10.1 Å². The van der Waals surface area contributed by atoms with Crippen LogP contribution in [0.3, 0.4) is 0 Å². The van der Waals surface area contributed by atoms with Gasteiger partial charge in [0.2, 0.25) is 0 Å². The predicted octanol–water partition coefficient (Wildman–Crippen LogP) is 3.10. The molecule has 1 aromatic rings. The third kappa shape index (κ3) is 2.66. The first kappa shape index (κ1) is 14.8. The monoisotopic (exact) mass is 308 g/mol. The minimum atomic E-state index is -0.398. The molecular weight excluding hydrogens is 291 g/mol. The van der Waals surface area contributed by atoms with Crippen molar-refractivity contribution < 1.29 is 9.13 Å². The molecule has 0 bridgehead atoms. The van der Waals surface area contributed by atoms with E-state index < -0.39 is 5.82 Å². The van der Waals surface area contributed by atoms with Gasteiger partial charge in [0, 0.05) is 23.9 Å². The molecule has 2 aliphatic heterocycles. The van der Waals surface area contributed by atoms with Gasteiger partial charge >= 0.3 is 0 Å². The van der Waals surface area contributed by atoms with Crippen molar-refractivity contribution in [2.24, 2.45) is 11.3 Å². The van der Waals surface area contributed by atoms with E-state index in [2.05, 4.69) is 18.3 Å². The Bertz CT molecular complexity index is 582. The number of benzene rings is 1. The fourth-order valence-corrected chi connectivity index (χ4v) is 3.58. The summed E-state index contributed by atoms with van der Waals surface area (Å²) >= 11 is 5.86. The first-order valence-electron chi connectivity index (χ1n) is 7.19. The van der Waals surface area contributed by atoms with Crippen molar-refractivity contribution in [3.05, 3.63) is 34.6 Å². The molecule has 21 heavy (non-hydrogen) atoms. The fourth-order valence-electron chi connectivity index (χ4n) is 3.40. The topological polar surface area (TPSA) is 45.0 Å². The molecule has 0 spiro atoms. The quantitative estimate of drug-likeness (QED) is 0.933. The Kier molecular flexibility index (Phi) is 3.92. The van der Waals surface area contributed by atoms with E-state index in [1.807, 2.05) is 0 Å². The highest BCUT2D eigenvalue weighted by Gasteiger charge is 2.44. The van der Waals surface area contributed by atoms with Gasteiger partial charge in [0.15, 0.2) is 0 Å². The maximum Gasteiger partial charge on any atom is 0.145 e. The summed E-state index contributed by atoms with van der Waals surface area (Å²) in [6.07, 6.45) is 0.879. The van der Waals surface area contributed by atoms with Crippen LogP contribution in [0.1, 0.15) is 24.8 Å². The van der Waals surface area contributed by atoms with Crippen molar-refractivity contribution >= 4 is 11.6 Å². The van der Waals surface area contributed by atoms with Gasteiger partial charge in [0.25, 0.3) is 0 Å². The normalized spacial score (nSPS) is 30.7. The van der Waals surface area contributed by atoms with E-state index in [-0.39, 0.29) is 28.3 Å². The Morgan fingerprint density at radius 3 is 2.90 bits per heavy atom. The lowest BCUT2D eigenvalue weighted by Crippen LogP contribution is -2.45. The number of hydrogen-bond donors (Lipinski definition) is 1. The molecule has 112 valence electrons.